The molecule has 0 fully saturated rings. The minimum atomic E-state index is 0.278. The second-order valence-corrected chi connectivity index (χ2v) is 3.84. The van der Waals surface area contributed by atoms with Crippen molar-refractivity contribution in [3.63, 3.8) is 0 Å². The number of hydrogen-bond acceptors (Lipinski definition) is 2. The van der Waals surface area contributed by atoms with Crippen LogP contribution in [0.25, 0.3) is 10.8 Å². The molecule has 86 valence electrons. The third kappa shape index (κ3) is 2.58. The fraction of sp³-hybridized carbons (Fsp3) is 0.200. The summed E-state index contributed by atoms with van der Waals surface area (Å²) < 4.78 is 0. The monoisotopic (exact) mass is 225 g/mol. The molecule has 0 saturated carbocycles. The van der Waals surface area contributed by atoms with Crippen molar-refractivity contribution in [2.75, 3.05) is 13.6 Å². The molecule has 2 aromatic carbocycles. The Morgan fingerprint density at radius 2 is 2.00 bits per heavy atom. The van der Waals surface area contributed by atoms with Gasteiger partial charge in [-0.15, -0.1) is 0 Å². The van der Waals surface area contributed by atoms with Crippen LogP contribution in [0.2, 0.25) is 0 Å². The van der Waals surface area contributed by atoms with E-state index in [1.807, 2.05) is 43.4 Å². The number of phenolic OH excluding ortho intramolecular Hbond substituents is 1. The van der Waals surface area contributed by atoms with Crippen molar-refractivity contribution >= 4 is 10.8 Å². The second-order valence-electron chi connectivity index (χ2n) is 3.84. The van der Waals surface area contributed by atoms with Gasteiger partial charge < -0.3 is 10.4 Å². The molecular weight excluding hydrogens is 210 g/mol. The van der Waals surface area contributed by atoms with Crippen molar-refractivity contribution in [1.82, 2.24) is 5.32 Å². The topological polar surface area (TPSA) is 32.3 Å². The van der Waals surface area contributed by atoms with Gasteiger partial charge in [-0.1, -0.05) is 42.2 Å². The molecule has 0 radical (unpaired) electrons. The smallest absolute Gasteiger partial charge is 0.139 e. The molecule has 2 nitrogen and oxygen atoms in total. The van der Waals surface area contributed by atoms with Crippen LogP contribution < -0.4 is 5.32 Å². The van der Waals surface area contributed by atoms with Crippen molar-refractivity contribution in [3.05, 3.63) is 42.0 Å². The summed E-state index contributed by atoms with van der Waals surface area (Å²) in [5, 5.41) is 15.0. The van der Waals surface area contributed by atoms with E-state index in [0.29, 0.717) is 5.56 Å². The molecule has 0 aliphatic rings. The van der Waals surface area contributed by atoms with Crippen LogP contribution in [0.1, 0.15) is 12.0 Å². The van der Waals surface area contributed by atoms with E-state index in [2.05, 4.69) is 17.2 Å². The molecule has 2 aromatic rings. The molecule has 0 spiro atoms. The predicted molar refractivity (Wildman–Crippen MR) is 71.0 cm³/mol. The van der Waals surface area contributed by atoms with Crippen LogP contribution in [-0.4, -0.2) is 18.7 Å². The summed E-state index contributed by atoms with van der Waals surface area (Å²) in [5.74, 6) is 6.31. The number of rotatable bonds is 2. The summed E-state index contributed by atoms with van der Waals surface area (Å²) in [5.41, 5.74) is 0.694. The van der Waals surface area contributed by atoms with Gasteiger partial charge in [0.25, 0.3) is 0 Å². The minimum Gasteiger partial charge on any atom is -0.506 e. The van der Waals surface area contributed by atoms with E-state index in [4.69, 9.17) is 0 Å². The number of phenols is 1. The van der Waals surface area contributed by atoms with Gasteiger partial charge in [-0.3, -0.25) is 0 Å². The maximum absolute atomic E-state index is 10.1. The molecule has 0 aromatic heterocycles. The Labute approximate surface area is 101 Å². The Morgan fingerprint density at radius 1 is 1.18 bits per heavy atom. The first-order valence-electron chi connectivity index (χ1n) is 5.67. The van der Waals surface area contributed by atoms with Crippen molar-refractivity contribution in [2.24, 2.45) is 0 Å². The predicted octanol–water partition coefficient (Wildman–Crippen LogP) is 2.51. The van der Waals surface area contributed by atoms with Crippen LogP contribution in [-0.2, 0) is 0 Å². The molecule has 0 bridgehead atoms. The van der Waals surface area contributed by atoms with Crippen molar-refractivity contribution in [3.8, 4) is 17.6 Å². The van der Waals surface area contributed by atoms with Gasteiger partial charge in [-0.2, -0.15) is 0 Å². The minimum absolute atomic E-state index is 0.278. The quantitative estimate of drug-likeness (QED) is 0.608. The average molecular weight is 225 g/mol. The highest BCUT2D eigenvalue weighted by atomic mass is 16.3. The maximum atomic E-state index is 10.1. The molecule has 0 saturated heterocycles. The lowest BCUT2D eigenvalue weighted by Crippen LogP contribution is -2.05. The third-order valence-corrected chi connectivity index (χ3v) is 2.62. The van der Waals surface area contributed by atoms with Crippen LogP contribution in [0.15, 0.2) is 36.4 Å². The molecule has 0 amide bonds. The molecule has 0 heterocycles. The van der Waals surface area contributed by atoms with Crippen molar-refractivity contribution in [2.45, 2.75) is 6.42 Å². The lowest BCUT2D eigenvalue weighted by molar-refractivity contribution is 0.480. The average Bonchev–Trinajstić information content (AvgIpc) is 2.37. The zero-order valence-corrected chi connectivity index (χ0v) is 9.83. The first kappa shape index (κ1) is 11.5. The molecule has 17 heavy (non-hydrogen) atoms. The largest absolute Gasteiger partial charge is 0.506 e. The van der Waals surface area contributed by atoms with Crippen LogP contribution >= 0.6 is 0 Å². The SMILES string of the molecule is CNCCC#Cc1ccc2ccccc2c1O. The van der Waals surface area contributed by atoms with Gasteiger partial charge in [0.05, 0.1) is 5.56 Å². The summed E-state index contributed by atoms with van der Waals surface area (Å²) in [7, 11) is 1.90. The molecular formula is C15H15NO. The van der Waals surface area contributed by atoms with E-state index >= 15 is 0 Å². The summed E-state index contributed by atoms with van der Waals surface area (Å²) in [6, 6.07) is 11.6. The van der Waals surface area contributed by atoms with E-state index in [9.17, 15) is 5.11 Å². The molecule has 0 aliphatic carbocycles. The Hall–Kier alpha value is -1.98. The van der Waals surface area contributed by atoms with Gasteiger partial charge in [0, 0.05) is 18.4 Å². The van der Waals surface area contributed by atoms with Gasteiger partial charge in [-0.25, -0.2) is 0 Å². The first-order valence-corrected chi connectivity index (χ1v) is 5.67. The molecule has 2 heteroatoms. The number of fused-ring (bicyclic) bond motifs is 1. The summed E-state index contributed by atoms with van der Waals surface area (Å²) in [6.45, 7) is 0.862. The fourth-order valence-electron chi connectivity index (χ4n) is 1.70. The van der Waals surface area contributed by atoms with Gasteiger partial charge in [0.1, 0.15) is 5.75 Å². The summed E-state index contributed by atoms with van der Waals surface area (Å²) >= 11 is 0. The standard InChI is InChI=1S/C15H15NO/c1-16-11-5-4-7-13-10-9-12-6-2-3-8-14(12)15(13)17/h2-3,6,8-10,16-17H,5,11H2,1H3. The zero-order valence-electron chi connectivity index (χ0n) is 9.83. The van der Waals surface area contributed by atoms with E-state index in [1.165, 1.54) is 0 Å². The Morgan fingerprint density at radius 3 is 2.82 bits per heavy atom. The highest BCUT2D eigenvalue weighted by molar-refractivity contribution is 5.90. The molecule has 0 unspecified atom stereocenters. The highest BCUT2D eigenvalue weighted by Gasteiger charge is 2.02. The van der Waals surface area contributed by atoms with Crippen molar-refractivity contribution < 1.29 is 5.11 Å². The summed E-state index contributed by atoms with van der Waals surface area (Å²) in [4.78, 5) is 0. The lowest BCUT2D eigenvalue weighted by atomic mass is 10.1. The zero-order chi connectivity index (χ0) is 12.1. The first-order chi connectivity index (χ1) is 8.33. The molecule has 0 atom stereocenters. The third-order valence-electron chi connectivity index (χ3n) is 2.62. The fourth-order valence-corrected chi connectivity index (χ4v) is 1.70. The number of benzene rings is 2. The van der Waals surface area contributed by atoms with Gasteiger partial charge in [0.15, 0.2) is 0 Å². The normalized spacial score (nSPS) is 9.94. The highest BCUT2D eigenvalue weighted by Crippen LogP contribution is 2.27. The van der Waals surface area contributed by atoms with E-state index in [1.54, 1.807) is 0 Å². The van der Waals surface area contributed by atoms with Gasteiger partial charge in [0.2, 0.25) is 0 Å². The number of aromatic hydroxyl groups is 1. The van der Waals surface area contributed by atoms with Gasteiger partial charge >= 0.3 is 0 Å². The molecule has 2 N–H and O–H groups in total. The Balaban J connectivity index is 2.35. The molecule has 0 aliphatic heterocycles. The van der Waals surface area contributed by atoms with Crippen LogP contribution in [0.4, 0.5) is 0 Å². The Kier molecular flexibility index (Phi) is 3.64. The number of nitrogens with one attached hydrogen (secondary N) is 1. The number of hydrogen-bond donors (Lipinski definition) is 2. The van der Waals surface area contributed by atoms with Crippen molar-refractivity contribution in [1.29, 1.82) is 0 Å². The van der Waals surface area contributed by atoms with Crippen LogP contribution in [0.5, 0.6) is 5.75 Å². The van der Waals surface area contributed by atoms with E-state index in [-0.39, 0.29) is 5.75 Å². The lowest BCUT2D eigenvalue weighted by Gasteiger charge is -2.02. The van der Waals surface area contributed by atoms with E-state index < -0.39 is 0 Å². The Bertz CT molecular complexity index is 578. The molecule has 2 rings (SSSR count). The summed E-state index contributed by atoms with van der Waals surface area (Å²) in [6.07, 6.45) is 0.781. The maximum Gasteiger partial charge on any atom is 0.139 e. The van der Waals surface area contributed by atoms with Crippen LogP contribution in [0.3, 0.4) is 0 Å². The second kappa shape index (κ2) is 5.38. The van der Waals surface area contributed by atoms with Crippen LogP contribution in [0, 0.1) is 11.8 Å². The van der Waals surface area contributed by atoms with E-state index in [0.717, 1.165) is 23.7 Å². The van der Waals surface area contributed by atoms with Gasteiger partial charge in [-0.05, 0) is 18.5 Å².